The molecule has 0 aliphatic carbocycles. The lowest BCUT2D eigenvalue weighted by molar-refractivity contribution is -0.138. The van der Waals surface area contributed by atoms with Gasteiger partial charge in [0.05, 0.1) is 37.0 Å². The maximum absolute atomic E-state index is 12.9. The Kier molecular flexibility index (Phi) is 4.29. The lowest BCUT2D eigenvalue weighted by Gasteiger charge is -2.35. The normalized spacial score (nSPS) is 20.0. The fourth-order valence-corrected chi connectivity index (χ4v) is 2.14. The van der Waals surface area contributed by atoms with Gasteiger partial charge in [-0.25, -0.2) is 0 Å². The van der Waals surface area contributed by atoms with E-state index >= 15 is 0 Å². The Labute approximate surface area is 113 Å². The quantitative estimate of drug-likeness (QED) is 0.898. The highest BCUT2D eigenvalue weighted by atomic mass is 19.4. The second-order valence-electron chi connectivity index (χ2n) is 4.45. The van der Waals surface area contributed by atoms with E-state index in [1.54, 1.807) is 0 Å². The molecule has 0 saturated carbocycles. The Morgan fingerprint density at radius 1 is 1.40 bits per heavy atom. The van der Waals surface area contributed by atoms with Crippen molar-refractivity contribution in [2.75, 3.05) is 26.4 Å². The number of hydrogen-bond donors (Lipinski definition) is 1. The van der Waals surface area contributed by atoms with Crippen LogP contribution in [0.15, 0.2) is 24.3 Å². The average molecular weight is 289 g/mol. The maximum Gasteiger partial charge on any atom is 0.417 e. The van der Waals surface area contributed by atoms with Crippen LogP contribution in [-0.4, -0.2) is 48.3 Å². The first kappa shape index (κ1) is 14.8. The number of carbonyl (C=O) groups excluding carboxylic acids is 1. The molecule has 0 radical (unpaired) electrons. The van der Waals surface area contributed by atoms with Crippen molar-refractivity contribution in [3.05, 3.63) is 35.4 Å². The standard InChI is InChI=1S/C13H14F3NO3/c14-13(15,16)11-4-2-1-3-10(11)12(19)17-5-6-20-8-9(17)7-18/h1-4,9,18H,5-8H2. The Hall–Kier alpha value is -1.60. The van der Waals surface area contributed by atoms with Crippen LogP contribution in [0.25, 0.3) is 0 Å². The molecule has 110 valence electrons. The van der Waals surface area contributed by atoms with Crippen LogP contribution in [0, 0.1) is 0 Å². The molecule has 0 aromatic heterocycles. The van der Waals surface area contributed by atoms with Crippen LogP contribution in [0.4, 0.5) is 13.2 Å². The molecule has 1 fully saturated rings. The summed E-state index contributed by atoms with van der Waals surface area (Å²) < 4.78 is 43.8. The summed E-state index contributed by atoms with van der Waals surface area (Å²) in [5.41, 5.74) is -1.37. The number of hydrogen-bond acceptors (Lipinski definition) is 3. The van der Waals surface area contributed by atoms with E-state index in [-0.39, 0.29) is 26.4 Å². The minimum absolute atomic E-state index is 0.121. The topological polar surface area (TPSA) is 49.8 Å². The molecule has 1 amide bonds. The van der Waals surface area contributed by atoms with Crippen LogP contribution in [-0.2, 0) is 10.9 Å². The van der Waals surface area contributed by atoms with Crippen LogP contribution >= 0.6 is 0 Å². The minimum atomic E-state index is -4.59. The molecule has 1 aliphatic heterocycles. The summed E-state index contributed by atoms with van der Waals surface area (Å²) in [6.45, 7) is 0.184. The van der Waals surface area contributed by atoms with Crippen LogP contribution in [0.5, 0.6) is 0 Å². The number of aliphatic hydroxyl groups excluding tert-OH is 1. The molecule has 4 nitrogen and oxygen atoms in total. The third kappa shape index (κ3) is 2.94. The zero-order valence-corrected chi connectivity index (χ0v) is 10.6. The van der Waals surface area contributed by atoms with Crippen LogP contribution < -0.4 is 0 Å². The number of rotatable bonds is 2. The predicted octanol–water partition coefficient (Wildman–Crippen LogP) is 1.54. The van der Waals surface area contributed by atoms with Gasteiger partial charge in [-0.3, -0.25) is 4.79 Å². The summed E-state index contributed by atoms with van der Waals surface area (Å²) in [6.07, 6.45) is -4.59. The number of benzene rings is 1. The van der Waals surface area contributed by atoms with Gasteiger partial charge in [0.2, 0.25) is 0 Å². The van der Waals surface area contributed by atoms with E-state index in [1.807, 2.05) is 0 Å². The molecule has 0 spiro atoms. The molecule has 2 rings (SSSR count). The van der Waals surface area contributed by atoms with Gasteiger partial charge in [0.15, 0.2) is 0 Å². The van der Waals surface area contributed by atoms with Crippen molar-refractivity contribution >= 4 is 5.91 Å². The molecule has 1 heterocycles. The second-order valence-corrected chi connectivity index (χ2v) is 4.45. The van der Waals surface area contributed by atoms with Crippen molar-refractivity contribution in [1.29, 1.82) is 0 Å². The number of halogens is 3. The Morgan fingerprint density at radius 2 is 2.10 bits per heavy atom. The molecule has 1 atom stereocenters. The molecular formula is C13H14F3NO3. The molecule has 0 bridgehead atoms. The van der Waals surface area contributed by atoms with E-state index in [1.165, 1.54) is 17.0 Å². The summed E-state index contributed by atoms with van der Waals surface area (Å²) >= 11 is 0. The van der Waals surface area contributed by atoms with Crippen molar-refractivity contribution in [3.63, 3.8) is 0 Å². The summed E-state index contributed by atoms with van der Waals surface area (Å²) in [4.78, 5) is 13.5. The van der Waals surface area contributed by atoms with E-state index in [4.69, 9.17) is 4.74 Å². The Bertz CT molecular complexity index is 490. The number of carbonyl (C=O) groups is 1. The van der Waals surface area contributed by atoms with E-state index in [2.05, 4.69) is 0 Å². The highest BCUT2D eigenvalue weighted by molar-refractivity contribution is 5.96. The van der Waals surface area contributed by atoms with E-state index in [0.29, 0.717) is 0 Å². The molecule has 20 heavy (non-hydrogen) atoms. The molecule has 1 aromatic carbocycles. The van der Waals surface area contributed by atoms with Gasteiger partial charge in [-0.15, -0.1) is 0 Å². The number of amides is 1. The molecule has 1 N–H and O–H groups in total. The van der Waals surface area contributed by atoms with Crippen molar-refractivity contribution in [2.24, 2.45) is 0 Å². The van der Waals surface area contributed by atoms with Gasteiger partial charge >= 0.3 is 6.18 Å². The fourth-order valence-electron chi connectivity index (χ4n) is 2.14. The number of ether oxygens (including phenoxy) is 1. The Morgan fingerprint density at radius 3 is 2.75 bits per heavy atom. The van der Waals surface area contributed by atoms with E-state index in [0.717, 1.165) is 12.1 Å². The van der Waals surface area contributed by atoms with Crippen molar-refractivity contribution in [3.8, 4) is 0 Å². The van der Waals surface area contributed by atoms with Crippen molar-refractivity contribution in [2.45, 2.75) is 12.2 Å². The largest absolute Gasteiger partial charge is 0.417 e. The maximum atomic E-state index is 12.9. The smallest absolute Gasteiger partial charge is 0.394 e. The van der Waals surface area contributed by atoms with E-state index in [9.17, 15) is 23.1 Å². The molecule has 1 aliphatic rings. The van der Waals surface area contributed by atoms with Crippen molar-refractivity contribution < 1.29 is 27.8 Å². The highest BCUT2D eigenvalue weighted by Gasteiger charge is 2.37. The summed E-state index contributed by atoms with van der Waals surface area (Å²) in [6, 6.07) is 4.04. The minimum Gasteiger partial charge on any atom is -0.394 e. The first-order valence-corrected chi connectivity index (χ1v) is 6.11. The van der Waals surface area contributed by atoms with Gasteiger partial charge in [-0.2, -0.15) is 13.2 Å². The summed E-state index contributed by atoms with van der Waals surface area (Å²) in [5, 5.41) is 9.19. The Balaban J connectivity index is 2.33. The lowest BCUT2D eigenvalue weighted by atomic mass is 10.0. The number of morpholine rings is 1. The SMILES string of the molecule is O=C(c1ccccc1C(F)(F)F)N1CCOCC1CO. The summed E-state index contributed by atoms with van der Waals surface area (Å²) in [7, 11) is 0. The highest BCUT2D eigenvalue weighted by Crippen LogP contribution is 2.32. The van der Waals surface area contributed by atoms with Gasteiger partial charge in [-0.1, -0.05) is 12.1 Å². The molecule has 1 saturated heterocycles. The third-order valence-electron chi connectivity index (χ3n) is 3.16. The van der Waals surface area contributed by atoms with Gasteiger partial charge in [0, 0.05) is 6.54 Å². The van der Waals surface area contributed by atoms with Crippen molar-refractivity contribution in [1.82, 2.24) is 4.90 Å². The molecule has 1 unspecified atom stereocenters. The van der Waals surface area contributed by atoms with Gasteiger partial charge in [0.1, 0.15) is 0 Å². The van der Waals surface area contributed by atoms with Gasteiger partial charge in [0.25, 0.3) is 5.91 Å². The van der Waals surface area contributed by atoms with Gasteiger partial charge < -0.3 is 14.7 Å². The summed E-state index contributed by atoms with van der Waals surface area (Å²) in [5.74, 6) is -0.736. The first-order chi connectivity index (χ1) is 9.45. The van der Waals surface area contributed by atoms with Crippen LogP contribution in [0.1, 0.15) is 15.9 Å². The average Bonchev–Trinajstić information content (AvgIpc) is 2.45. The van der Waals surface area contributed by atoms with Crippen LogP contribution in [0.3, 0.4) is 0 Å². The zero-order chi connectivity index (χ0) is 14.8. The number of nitrogens with zero attached hydrogens (tertiary/aromatic N) is 1. The monoisotopic (exact) mass is 289 g/mol. The van der Waals surface area contributed by atoms with E-state index < -0.39 is 29.3 Å². The molecule has 1 aromatic rings. The predicted molar refractivity (Wildman–Crippen MR) is 64.2 cm³/mol. The third-order valence-corrected chi connectivity index (χ3v) is 3.16. The number of alkyl halides is 3. The first-order valence-electron chi connectivity index (χ1n) is 6.11. The fraction of sp³-hybridized carbons (Fsp3) is 0.462. The zero-order valence-electron chi connectivity index (χ0n) is 10.6. The molecular weight excluding hydrogens is 275 g/mol. The molecule has 7 heteroatoms. The number of aliphatic hydroxyl groups is 1. The second kappa shape index (κ2) is 5.80. The lowest BCUT2D eigenvalue weighted by Crippen LogP contribution is -2.50. The van der Waals surface area contributed by atoms with Crippen LogP contribution in [0.2, 0.25) is 0 Å². The van der Waals surface area contributed by atoms with Gasteiger partial charge in [-0.05, 0) is 12.1 Å².